The first kappa shape index (κ1) is 14.8. The smallest absolute Gasteiger partial charge is 0.252 e. The maximum absolute atomic E-state index is 13.0. The van der Waals surface area contributed by atoms with Crippen molar-refractivity contribution in [2.45, 2.75) is 27.8 Å². The van der Waals surface area contributed by atoms with Gasteiger partial charge in [-0.25, -0.2) is 22.0 Å². The summed E-state index contributed by atoms with van der Waals surface area (Å²) < 4.78 is 78.9. The molecule has 0 fully saturated rings. The average molecular weight is 387 g/mol. The van der Waals surface area contributed by atoms with Crippen molar-refractivity contribution in [1.29, 1.82) is 0 Å². The van der Waals surface area contributed by atoms with E-state index in [-0.39, 0.29) is 35.9 Å². The Labute approximate surface area is 144 Å². The van der Waals surface area contributed by atoms with Crippen LogP contribution in [0.15, 0.2) is 14.5 Å². The molecule has 1 aliphatic heterocycles. The van der Waals surface area contributed by atoms with Crippen LogP contribution in [0.5, 0.6) is 0 Å². The van der Waals surface area contributed by atoms with E-state index < -0.39 is 42.8 Å². The molecule has 1 aromatic heterocycles. The van der Waals surface area contributed by atoms with Gasteiger partial charge >= 0.3 is 0 Å². The van der Waals surface area contributed by atoms with Gasteiger partial charge in [-0.15, -0.1) is 11.3 Å². The molecule has 0 aromatic carbocycles. The molecule has 0 saturated heterocycles. The van der Waals surface area contributed by atoms with E-state index in [0.717, 1.165) is 0 Å². The van der Waals surface area contributed by atoms with Crippen LogP contribution >= 0.6 is 11.3 Å². The predicted octanol–water partition coefficient (Wildman–Crippen LogP) is 0.0869. The lowest BCUT2D eigenvalue weighted by Crippen LogP contribution is -2.43. The van der Waals surface area contributed by atoms with Crippen molar-refractivity contribution in [2.75, 3.05) is 33.3 Å². The number of primary sulfonamides is 1. The second-order valence-electron chi connectivity index (χ2n) is 4.80. The van der Waals surface area contributed by atoms with E-state index in [2.05, 4.69) is 5.32 Å². The summed E-state index contributed by atoms with van der Waals surface area (Å²) in [6.45, 7) is -0.333. The van der Waals surface area contributed by atoms with Gasteiger partial charge < -0.3 is 10.1 Å². The zero-order chi connectivity index (χ0) is 19.9. The van der Waals surface area contributed by atoms with Gasteiger partial charge in [0.1, 0.15) is 8.42 Å². The molecule has 1 atom stereocenters. The van der Waals surface area contributed by atoms with Crippen LogP contribution in [0.25, 0.3) is 0 Å². The number of rotatable bonds is 7. The van der Waals surface area contributed by atoms with Gasteiger partial charge in [0.25, 0.3) is 10.0 Å². The van der Waals surface area contributed by atoms with Gasteiger partial charge in [-0.2, -0.15) is 4.31 Å². The number of sulfonamides is 2. The summed E-state index contributed by atoms with van der Waals surface area (Å²) in [5.41, 5.74) is -0.200. The van der Waals surface area contributed by atoms with Crippen molar-refractivity contribution >= 4 is 31.4 Å². The minimum atomic E-state index is -4.34. The topological polar surface area (TPSA) is 119 Å². The molecule has 2 heterocycles. The molecule has 0 spiro atoms. The maximum Gasteiger partial charge on any atom is 0.252 e. The summed E-state index contributed by atoms with van der Waals surface area (Å²) in [4.78, 5) is 0. The summed E-state index contributed by atoms with van der Waals surface area (Å²) in [6, 6.07) is -1.78. The molecule has 0 amide bonds. The highest BCUT2D eigenvalue weighted by Crippen LogP contribution is 2.39. The van der Waals surface area contributed by atoms with Gasteiger partial charge in [-0.1, -0.05) is 6.92 Å². The van der Waals surface area contributed by atoms with Crippen LogP contribution in [0.2, 0.25) is 0 Å². The Bertz CT molecular complexity index is 885. The Morgan fingerprint density at radius 1 is 1.65 bits per heavy atom. The normalized spacial score (nSPS) is 25.3. The summed E-state index contributed by atoms with van der Waals surface area (Å²) in [5.74, 6) is 0. The van der Waals surface area contributed by atoms with Gasteiger partial charge in [0, 0.05) is 41.1 Å². The minimum Gasteiger partial charge on any atom is -0.385 e. The molecular weight excluding hydrogens is 362 g/mol. The van der Waals surface area contributed by atoms with E-state index in [1.54, 1.807) is 6.92 Å². The monoisotopic (exact) mass is 386 g/mol. The van der Waals surface area contributed by atoms with Gasteiger partial charge in [0.15, 0.2) is 0 Å². The Kier molecular flexibility index (Phi) is 4.58. The molecule has 1 aromatic rings. The van der Waals surface area contributed by atoms with Gasteiger partial charge in [-0.05, 0) is 19.0 Å². The molecule has 3 N–H and O–H groups in total. The lowest BCUT2D eigenvalue weighted by molar-refractivity contribution is 0.185. The maximum atomic E-state index is 13.0. The number of thiophene rings is 1. The molecule has 2 rings (SSSR count). The standard InChI is InChI=1S/C12H21N3O5S3/c1-3-14-10-8-15(5-4-6-20-2)23(18,19)12-9(10)7-11(21-12)22(13,16)17/h7,10,14H,3-6,8H2,1-2H3,(H2,13,16,17)/t10-/m0/s1/i7D,8D2. The van der Waals surface area contributed by atoms with E-state index in [1.165, 1.54) is 7.11 Å². The first-order valence-electron chi connectivity index (χ1n) is 8.31. The highest BCUT2D eigenvalue weighted by molar-refractivity contribution is 7.94. The molecule has 8 nitrogen and oxygen atoms in total. The van der Waals surface area contributed by atoms with Crippen LogP contribution in [-0.4, -0.2) is 54.4 Å². The number of nitrogens with zero attached hydrogens (tertiary/aromatic N) is 1. The number of hydrogen-bond donors (Lipinski definition) is 2. The molecule has 0 bridgehead atoms. The number of fused-ring (bicyclic) bond motifs is 1. The Hall–Kier alpha value is -0.560. The fourth-order valence-corrected chi connectivity index (χ4v) is 6.04. The third-order valence-corrected chi connectivity index (χ3v) is 7.80. The molecule has 0 unspecified atom stereocenters. The quantitative estimate of drug-likeness (QED) is 0.641. The zero-order valence-electron chi connectivity index (χ0n) is 15.7. The lowest BCUT2D eigenvalue weighted by Gasteiger charge is -2.32. The number of likely N-dealkylation sites (N-methyl/N-ethyl adjacent to an activating group) is 1. The van der Waals surface area contributed by atoms with Gasteiger partial charge in [-0.3, -0.25) is 0 Å². The summed E-state index contributed by atoms with van der Waals surface area (Å²) >= 11 is 0.381. The van der Waals surface area contributed by atoms with Crippen LogP contribution in [0, 0.1) is 0 Å². The van der Waals surface area contributed by atoms with Crippen LogP contribution in [-0.2, 0) is 24.8 Å². The molecule has 0 aliphatic carbocycles. The van der Waals surface area contributed by atoms with Crippen molar-refractivity contribution in [2.24, 2.45) is 5.14 Å². The second-order valence-corrected chi connectivity index (χ2v) is 9.64. The molecular formula is C12H21N3O5S3. The molecule has 1 aliphatic rings. The average Bonchev–Trinajstić information content (AvgIpc) is 2.86. The Morgan fingerprint density at radius 2 is 2.35 bits per heavy atom. The van der Waals surface area contributed by atoms with Crippen LogP contribution in [0.4, 0.5) is 0 Å². The van der Waals surface area contributed by atoms with E-state index in [9.17, 15) is 16.8 Å². The number of ether oxygens (including phenoxy) is 1. The van der Waals surface area contributed by atoms with E-state index in [0.29, 0.717) is 15.6 Å². The molecule has 0 saturated carbocycles. The second kappa shape index (κ2) is 7.13. The summed E-state index contributed by atoms with van der Waals surface area (Å²) in [7, 11) is -7.21. The van der Waals surface area contributed by atoms with Crippen molar-refractivity contribution in [3.8, 4) is 0 Å². The van der Waals surface area contributed by atoms with Crippen molar-refractivity contribution < 1.29 is 25.7 Å². The minimum absolute atomic E-state index is 0.152. The molecule has 23 heavy (non-hydrogen) atoms. The van der Waals surface area contributed by atoms with Crippen LogP contribution in [0.3, 0.4) is 0 Å². The number of nitrogens with one attached hydrogen (secondary N) is 1. The highest BCUT2D eigenvalue weighted by atomic mass is 32.3. The fraction of sp³-hybridized carbons (Fsp3) is 0.667. The SMILES string of the molecule is [2H]c1c(S(N)(=O)=O)sc2c1[C@@H](NCC)C([2H])([2H])N(CCCOC)S2(=O)=O. The highest BCUT2D eigenvalue weighted by Gasteiger charge is 2.39. The van der Waals surface area contributed by atoms with E-state index in [4.69, 9.17) is 14.0 Å². The van der Waals surface area contributed by atoms with E-state index >= 15 is 0 Å². The Balaban J connectivity index is 2.73. The van der Waals surface area contributed by atoms with Gasteiger partial charge in [0.2, 0.25) is 10.0 Å². The fourth-order valence-electron chi connectivity index (χ4n) is 2.10. The van der Waals surface area contributed by atoms with Gasteiger partial charge in [0.05, 0.1) is 1.37 Å². The zero-order valence-corrected chi connectivity index (χ0v) is 15.1. The van der Waals surface area contributed by atoms with E-state index in [1.807, 2.05) is 0 Å². The number of nitrogens with two attached hydrogens (primary N) is 1. The first-order chi connectivity index (χ1) is 11.9. The largest absolute Gasteiger partial charge is 0.385 e. The lowest BCUT2D eigenvalue weighted by atomic mass is 10.1. The number of hydrogen-bond acceptors (Lipinski definition) is 7. The molecule has 0 radical (unpaired) electrons. The van der Waals surface area contributed by atoms with Crippen molar-refractivity contribution in [3.05, 3.63) is 11.6 Å². The number of methoxy groups -OCH3 is 1. The van der Waals surface area contributed by atoms with Crippen molar-refractivity contribution in [1.82, 2.24) is 9.62 Å². The Morgan fingerprint density at radius 3 is 2.91 bits per heavy atom. The van der Waals surface area contributed by atoms with Crippen LogP contribution in [0.1, 0.15) is 29.1 Å². The summed E-state index contributed by atoms with van der Waals surface area (Å²) in [6.07, 6.45) is 0.255. The third-order valence-electron chi connectivity index (χ3n) is 3.10. The molecule has 11 heteroatoms. The summed E-state index contributed by atoms with van der Waals surface area (Å²) in [5, 5.41) is 7.94. The van der Waals surface area contributed by atoms with Crippen LogP contribution < -0.4 is 10.5 Å². The first-order valence-corrected chi connectivity index (χ1v) is 10.6. The predicted molar refractivity (Wildman–Crippen MR) is 87.4 cm³/mol. The third kappa shape index (κ3) is 3.92. The van der Waals surface area contributed by atoms with Crippen molar-refractivity contribution in [3.63, 3.8) is 0 Å². The molecule has 132 valence electrons.